The van der Waals surface area contributed by atoms with Gasteiger partial charge in [-0.05, 0) is 69.7 Å². The Labute approximate surface area is 179 Å². The Morgan fingerprint density at radius 1 is 1.28 bits per heavy atom. The van der Waals surface area contributed by atoms with Gasteiger partial charge in [0.1, 0.15) is 24.0 Å². The molecule has 1 amide bonds. The van der Waals surface area contributed by atoms with Crippen LogP contribution in [0.5, 0.6) is 5.75 Å². The number of allylic oxidation sites excluding steroid dienone is 1. The number of aliphatic imine (C=N–C) groups is 1. The largest absolute Gasteiger partial charge is 0.488 e. The summed E-state index contributed by atoms with van der Waals surface area (Å²) in [6.45, 7) is 2.18. The van der Waals surface area contributed by atoms with Gasteiger partial charge < -0.3 is 4.74 Å². The van der Waals surface area contributed by atoms with E-state index in [9.17, 15) is 9.18 Å². The van der Waals surface area contributed by atoms with E-state index in [0.29, 0.717) is 22.0 Å². The standard InChI is InChI=1S/C21H15BrFN3O2S/c1-12-11-29-21-25-20(27)16(19(24)26(12)21)8-14-4-7-18(17(22)9-14)28-10-13-2-5-15(23)6-3-13/h2-9,11,24H,10H2,1H3/b16-8-,24-19?. The van der Waals surface area contributed by atoms with Crippen molar-refractivity contribution in [3.8, 4) is 5.75 Å². The highest BCUT2D eigenvalue weighted by atomic mass is 79.9. The Kier molecular flexibility index (Phi) is 5.38. The van der Waals surface area contributed by atoms with E-state index in [-0.39, 0.29) is 17.2 Å². The Bertz CT molecular complexity index is 1110. The van der Waals surface area contributed by atoms with Crippen molar-refractivity contribution in [2.24, 2.45) is 4.99 Å². The zero-order chi connectivity index (χ0) is 20.5. The molecule has 0 radical (unpaired) electrons. The van der Waals surface area contributed by atoms with Crippen molar-refractivity contribution >= 4 is 50.7 Å². The van der Waals surface area contributed by atoms with E-state index in [0.717, 1.165) is 16.8 Å². The van der Waals surface area contributed by atoms with Crippen LogP contribution in [0.15, 0.2) is 68.6 Å². The molecular weight excluding hydrogens is 457 g/mol. The SMILES string of the molecule is CC1=CSC2=NC(=O)/C(=C\c3ccc(OCc4ccc(F)cc4)c(Br)c3)C(=N)N12. The summed E-state index contributed by atoms with van der Waals surface area (Å²) in [6, 6.07) is 11.5. The molecule has 0 bridgehead atoms. The van der Waals surface area contributed by atoms with Crippen molar-refractivity contribution < 1.29 is 13.9 Å². The molecule has 2 aliphatic heterocycles. The van der Waals surface area contributed by atoms with Crippen LogP contribution in [0.3, 0.4) is 0 Å². The molecule has 0 saturated heterocycles. The minimum absolute atomic E-state index is 0.117. The summed E-state index contributed by atoms with van der Waals surface area (Å²) in [5.41, 5.74) is 2.69. The Hall–Kier alpha value is -2.71. The molecule has 0 fully saturated rings. The average Bonchev–Trinajstić information content (AvgIpc) is 3.06. The van der Waals surface area contributed by atoms with Gasteiger partial charge in [0.15, 0.2) is 5.17 Å². The molecule has 5 nitrogen and oxygen atoms in total. The lowest BCUT2D eigenvalue weighted by Gasteiger charge is -2.25. The van der Waals surface area contributed by atoms with Gasteiger partial charge in [0, 0.05) is 5.70 Å². The second kappa shape index (κ2) is 7.96. The van der Waals surface area contributed by atoms with Gasteiger partial charge in [-0.1, -0.05) is 30.0 Å². The molecule has 0 aromatic heterocycles. The summed E-state index contributed by atoms with van der Waals surface area (Å²) in [4.78, 5) is 18.1. The monoisotopic (exact) mass is 471 g/mol. The van der Waals surface area contributed by atoms with Gasteiger partial charge in [0.05, 0.1) is 10.0 Å². The third kappa shape index (κ3) is 4.04. The molecule has 1 N–H and O–H groups in total. The van der Waals surface area contributed by atoms with Gasteiger partial charge in [0.2, 0.25) is 0 Å². The maximum Gasteiger partial charge on any atom is 0.283 e. The quantitative estimate of drug-likeness (QED) is 0.611. The van der Waals surface area contributed by atoms with Crippen molar-refractivity contribution in [3.63, 3.8) is 0 Å². The van der Waals surface area contributed by atoms with Crippen LogP contribution in [0, 0.1) is 11.2 Å². The summed E-state index contributed by atoms with van der Waals surface area (Å²) in [5, 5.41) is 10.8. The van der Waals surface area contributed by atoms with Crippen molar-refractivity contribution in [2.45, 2.75) is 13.5 Å². The molecule has 2 heterocycles. The average molecular weight is 472 g/mol. The molecule has 2 aliphatic rings. The van der Waals surface area contributed by atoms with E-state index in [2.05, 4.69) is 20.9 Å². The molecule has 29 heavy (non-hydrogen) atoms. The number of hydrogen-bond donors (Lipinski definition) is 1. The minimum atomic E-state index is -0.426. The number of carbonyl (C=O) groups excluding carboxylic acids is 1. The Morgan fingerprint density at radius 2 is 2.03 bits per heavy atom. The number of carbonyl (C=O) groups is 1. The van der Waals surface area contributed by atoms with E-state index in [1.54, 1.807) is 35.2 Å². The predicted molar refractivity (Wildman–Crippen MR) is 116 cm³/mol. The fourth-order valence-corrected chi connectivity index (χ4v) is 4.24. The van der Waals surface area contributed by atoms with Crippen LogP contribution >= 0.6 is 27.7 Å². The lowest BCUT2D eigenvalue weighted by atomic mass is 10.1. The number of ether oxygens (including phenoxy) is 1. The minimum Gasteiger partial charge on any atom is -0.488 e. The topological polar surface area (TPSA) is 65.8 Å². The van der Waals surface area contributed by atoms with Crippen LogP contribution in [0.1, 0.15) is 18.1 Å². The number of thioether (sulfide) groups is 1. The first-order chi connectivity index (χ1) is 13.9. The molecule has 0 saturated carbocycles. The third-order valence-corrected chi connectivity index (χ3v) is 5.92. The van der Waals surface area contributed by atoms with E-state index >= 15 is 0 Å². The molecule has 0 unspecified atom stereocenters. The van der Waals surface area contributed by atoms with Crippen LogP contribution in [0.25, 0.3) is 6.08 Å². The van der Waals surface area contributed by atoms with E-state index < -0.39 is 5.91 Å². The number of rotatable bonds is 4. The van der Waals surface area contributed by atoms with Crippen LogP contribution in [0.4, 0.5) is 4.39 Å². The first-order valence-corrected chi connectivity index (χ1v) is 10.3. The van der Waals surface area contributed by atoms with Gasteiger partial charge in [-0.15, -0.1) is 0 Å². The smallest absolute Gasteiger partial charge is 0.283 e. The van der Waals surface area contributed by atoms with E-state index in [4.69, 9.17) is 10.1 Å². The van der Waals surface area contributed by atoms with Crippen LogP contribution in [-0.4, -0.2) is 21.8 Å². The number of nitrogens with zero attached hydrogens (tertiary/aromatic N) is 2. The van der Waals surface area contributed by atoms with Crippen LogP contribution < -0.4 is 4.74 Å². The number of hydrogen-bond acceptors (Lipinski definition) is 4. The second-order valence-electron chi connectivity index (χ2n) is 6.42. The number of fused-ring (bicyclic) bond motifs is 1. The first kappa shape index (κ1) is 19.6. The molecule has 146 valence electrons. The summed E-state index contributed by atoms with van der Waals surface area (Å²) < 4.78 is 19.5. The van der Waals surface area contributed by atoms with Gasteiger partial charge in [0.25, 0.3) is 5.91 Å². The molecule has 0 aliphatic carbocycles. The number of amidine groups is 2. The number of benzene rings is 2. The maximum atomic E-state index is 13.0. The van der Waals surface area contributed by atoms with Gasteiger partial charge >= 0.3 is 0 Å². The van der Waals surface area contributed by atoms with E-state index in [1.165, 1.54) is 23.9 Å². The van der Waals surface area contributed by atoms with E-state index in [1.807, 2.05) is 18.4 Å². The summed E-state index contributed by atoms with van der Waals surface area (Å²) >= 11 is 4.82. The van der Waals surface area contributed by atoms with Crippen LogP contribution in [0.2, 0.25) is 0 Å². The number of amides is 1. The van der Waals surface area contributed by atoms with Gasteiger partial charge in [-0.3, -0.25) is 15.1 Å². The zero-order valence-corrected chi connectivity index (χ0v) is 17.7. The summed E-state index contributed by atoms with van der Waals surface area (Å²) in [7, 11) is 0. The molecule has 0 atom stereocenters. The van der Waals surface area contributed by atoms with Gasteiger partial charge in [-0.2, -0.15) is 4.99 Å². The van der Waals surface area contributed by atoms with Crippen LogP contribution in [-0.2, 0) is 11.4 Å². The normalized spacial score (nSPS) is 17.3. The van der Waals surface area contributed by atoms with Crippen molar-refractivity contribution in [1.82, 2.24) is 4.90 Å². The van der Waals surface area contributed by atoms with Crippen molar-refractivity contribution in [2.75, 3.05) is 0 Å². The Morgan fingerprint density at radius 3 is 2.76 bits per heavy atom. The molecule has 8 heteroatoms. The fraction of sp³-hybridized carbons (Fsp3) is 0.0952. The fourth-order valence-electron chi connectivity index (χ4n) is 2.87. The summed E-state index contributed by atoms with van der Waals surface area (Å²) in [5.74, 6) is 0.0254. The highest BCUT2D eigenvalue weighted by molar-refractivity contribution is 9.10. The zero-order valence-electron chi connectivity index (χ0n) is 15.3. The van der Waals surface area contributed by atoms with Crippen molar-refractivity contribution in [3.05, 3.63) is 80.6 Å². The lowest BCUT2D eigenvalue weighted by molar-refractivity contribution is -0.114. The maximum absolute atomic E-state index is 13.0. The predicted octanol–water partition coefficient (Wildman–Crippen LogP) is 5.33. The molecule has 4 rings (SSSR count). The molecular formula is C21H15BrFN3O2S. The highest BCUT2D eigenvalue weighted by Crippen LogP contribution is 2.33. The number of halogens is 2. The second-order valence-corrected chi connectivity index (χ2v) is 8.11. The first-order valence-electron chi connectivity index (χ1n) is 8.66. The summed E-state index contributed by atoms with van der Waals surface area (Å²) in [6.07, 6.45) is 1.65. The molecule has 0 spiro atoms. The lowest BCUT2D eigenvalue weighted by Crippen LogP contribution is -2.37. The Balaban J connectivity index is 1.53. The third-order valence-electron chi connectivity index (χ3n) is 4.36. The van der Waals surface area contributed by atoms with Crippen molar-refractivity contribution in [1.29, 1.82) is 5.41 Å². The van der Waals surface area contributed by atoms with Gasteiger partial charge in [-0.25, -0.2) is 4.39 Å². The number of nitrogens with one attached hydrogen (secondary N) is 1. The highest BCUT2D eigenvalue weighted by Gasteiger charge is 2.33. The molecule has 2 aromatic rings. The molecule has 2 aromatic carbocycles.